The lowest BCUT2D eigenvalue weighted by molar-refractivity contribution is -0.419. The molecule has 2 aromatic carbocycles. The molecule has 1 aliphatic rings. The van der Waals surface area contributed by atoms with E-state index in [4.69, 9.17) is 0 Å². The minimum Gasteiger partial charge on any atom is -0.367 e. The predicted molar refractivity (Wildman–Crippen MR) is 85.0 cm³/mol. The van der Waals surface area contributed by atoms with E-state index in [2.05, 4.69) is 29.2 Å². The van der Waals surface area contributed by atoms with Gasteiger partial charge in [0.25, 0.3) is 5.70 Å². The van der Waals surface area contributed by atoms with Crippen LogP contribution >= 0.6 is 0 Å². The second-order valence-corrected chi connectivity index (χ2v) is 5.16. The summed E-state index contributed by atoms with van der Waals surface area (Å²) in [4.78, 5) is 12.7. The van der Waals surface area contributed by atoms with Gasteiger partial charge in [-0.3, -0.25) is 10.1 Å². The molecule has 0 amide bonds. The van der Waals surface area contributed by atoms with Crippen molar-refractivity contribution in [3.63, 3.8) is 0 Å². The number of hydrogen-bond acceptors (Lipinski definition) is 3. The van der Waals surface area contributed by atoms with Gasteiger partial charge in [0.1, 0.15) is 0 Å². The summed E-state index contributed by atoms with van der Waals surface area (Å²) in [5, 5.41) is 13.3. The van der Waals surface area contributed by atoms with Crippen LogP contribution in [0.1, 0.15) is 6.42 Å². The first-order valence-corrected chi connectivity index (χ1v) is 6.90. The zero-order chi connectivity index (χ0) is 14.8. The van der Waals surface area contributed by atoms with Gasteiger partial charge >= 0.3 is 0 Å². The molecule has 4 nitrogen and oxygen atoms in total. The van der Waals surface area contributed by atoms with Crippen molar-refractivity contribution in [3.05, 3.63) is 76.5 Å². The van der Waals surface area contributed by atoms with Crippen molar-refractivity contribution >= 4 is 16.5 Å². The number of hydrogen-bond donors (Lipinski definition) is 0. The van der Waals surface area contributed by atoms with Crippen molar-refractivity contribution < 1.29 is 4.92 Å². The van der Waals surface area contributed by atoms with Gasteiger partial charge in [0, 0.05) is 30.3 Å². The lowest BCUT2D eigenvalue weighted by atomic mass is 10.0. The normalized spacial score (nSPS) is 17.6. The molecule has 1 atom stereocenters. The van der Waals surface area contributed by atoms with Crippen LogP contribution in [-0.2, 0) is 0 Å². The van der Waals surface area contributed by atoms with E-state index in [0.29, 0.717) is 0 Å². The highest BCUT2D eigenvalue weighted by Gasteiger charge is 2.21. The molecule has 0 saturated heterocycles. The molecule has 0 heterocycles. The molecule has 0 fully saturated rings. The third-order valence-corrected chi connectivity index (χ3v) is 3.88. The molecule has 0 saturated carbocycles. The number of rotatable bonds is 3. The average Bonchev–Trinajstić information content (AvgIpc) is 2.53. The quantitative estimate of drug-likeness (QED) is 0.635. The molecular weight excluding hydrogens is 264 g/mol. The molecule has 3 rings (SSSR count). The van der Waals surface area contributed by atoms with Crippen LogP contribution in [0, 0.1) is 10.1 Å². The van der Waals surface area contributed by atoms with Gasteiger partial charge in [-0.05, 0) is 17.9 Å². The lowest BCUT2D eigenvalue weighted by Gasteiger charge is -2.29. The van der Waals surface area contributed by atoms with Gasteiger partial charge in [-0.1, -0.05) is 42.5 Å². The standard InChI is InChI=1S/C17H16N2O2/c1-18(14-8-5-9-15(12-14)19(20)21)17-11-4-7-13-6-2-3-10-16(13)17/h2-7,9-12,14H,8H2,1H3. The largest absolute Gasteiger partial charge is 0.367 e. The Morgan fingerprint density at radius 3 is 2.76 bits per heavy atom. The predicted octanol–water partition coefficient (Wildman–Crippen LogP) is 3.77. The smallest absolute Gasteiger partial charge is 0.267 e. The van der Waals surface area contributed by atoms with Gasteiger partial charge in [-0.2, -0.15) is 0 Å². The molecule has 2 aromatic rings. The minimum atomic E-state index is -0.334. The molecular formula is C17H16N2O2. The first kappa shape index (κ1) is 13.4. The Balaban J connectivity index is 1.99. The lowest BCUT2D eigenvalue weighted by Crippen LogP contribution is -2.31. The maximum atomic E-state index is 10.9. The van der Waals surface area contributed by atoms with Crippen LogP contribution < -0.4 is 4.90 Å². The van der Waals surface area contributed by atoms with Crippen LogP contribution in [-0.4, -0.2) is 18.0 Å². The molecule has 1 aliphatic carbocycles. The third kappa shape index (κ3) is 2.52. The van der Waals surface area contributed by atoms with E-state index >= 15 is 0 Å². The van der Waals surface area contributed by atoms with E-state index in [1.54, 1.807) is 12.2 Å². The third-order valence-electron chi connectivity index (χ3n) is 3.88. The second-order valence-electron chi connectivity index (χ2n) is 5.16. The van der Waals surface area contributed by atoms with E-state index in [1.165, 1.54) is 5.39 Å². The van der Waals surface area contributed by atoms with E-state index in [-0.39, 0.29) is 16.7 Å². The number of nitrogens with zero attached hydrogens (tertiary/aromatic N) is 2. The van der Waals surface area contributed by atoms with Crippen LogP contribution in [0.25, 0.3) is 10.8 Å². The summed E-state index contributed by atoms with van der Waals surface area (Å²) < 4.78 is 0. The van der Waals surface area contributed by atoms with Crippen LogP contribution in [0.2, 0.25) is 0 Å². The maximum absolute atomic E-state index is 10.9. The minimum absolute atomic E-state index is 0.00112. The summed E-state index contributed by atoms with van der Waals surface area (Å²) in [5.74, 6) is 0. The molecule has 0 radical (unpaired) electrons. The van der Waals surface area contributed by atoms with E-state index in [9.17, 15) is 10.1 Å². The summed E-state index contributed by atoms with van der Waals surface area (Å²) in [6.07, 6.45) is 5.94. The van der Waals surface area contributed by atoms with Crippen LogP contribution in [0.4, 0.5) is 5.69 Å². The van der Waals surface area contributed by atoms with Crippen molar-refractivity contribution in [2.45, 2.75) is 12.5 Å². The SMILES string of the molecule is CN(c1cccc2ccccc12)C1C=C([N+](=O)[O-])C=CC1. The Morgan fingerprint density at radius 2 is 1.95 bits per heavy atom. The van der Waals surface area contributed by atoms with Crippen molar-refractivity contribution in [1.82, 2.24) is 0 Å². The van der Waals surface area contributed by atoms with Gasteiger partial charge in [-0.25, -0.2) is 0 Å². The Morgan fingerprint density at radius 1 is 1.19 bits per heavy atom. The first-order chi connectivity index (χ1) is 10.2. The van der Waals surface area contributed by atoms with Crippen molar-refractivity contribution in [1.29, 1.82) is 0 Å². The average molecular weight is 280 g/mol. The summed E-state index contributed by atoms with van der Waals surface area (Å²) >= 11 is 0. The van der Waals surface area contributed by atoms with Gasteiger partial charge < -0.3 is 4.90 Å². The number of nitro groups is 1. The van der Waals surface area contributed by atoms with Crippen molar-refractivity contribution in [3.8, 4) is 0 Å². The van der Waals surface area contributed by atoms with Gasteiger partial charge in [-0.15, -0.1) is 0 Å². The number of allylic oxidation sites excluding steroid dienone is 1. The summed E-state index contributed by atoms with van der Waals surface area (Å²) in [6.45, 7) is 0. The molecule has 4 heteroatoms. The zero-order valence-corrected chi connectivity index (χ0v) is 11.8. The summed E-state index contributed by atoms with van der Waals surface area (Å²) in [6, 6.07) is 14.3. The molecule has 1 unspecified atom stereocenters. The number of benzene rings is 2. The highest BCUT2D eigenvalue weighted by Crippen LogP contribution is 2.29. The van der Waals surface area contributed by atoms with E-state index in [1.807, 2.05) is 31.3 Å². The molecule has 0 spiro atoms. The monoisotopic (exact) mass is 280 g/mol. The van der Waals surface area contributed by atoms with E-state index in [0.717, 1.165) is 17.5 Å². The molecule has 106 valence electrons. The molecule has 0 aromatic heterocycles. The topological polar surface area (TPSA) is 46.4 Å². The second kappa shape index (κ2) is 5.40. The Hall–Kier alpha value is -2.62. The van der Waals surface area contributed by atoms with Crippen LogP contribution in [0.15, 0.2) is 66.4 Å². The van der Waals surface area contributed by atoms with Gasteiger partial charge in [0.15, 0.2) is 0 Å². The molecule has 0 bridgehead atoms. The van der Waals surface area contributed by atoms with Gasteiger partial charge in [0.2, 0.25) is 0 Å². The Labute approximate surface area is 123 Å². The highest BCUT2D eigenvalue weighted by atomic mass is 16.6. The fourth-order valence-electron chi connectivity index (χ4n) is 2.74. The molecule has 21 heavy (non-hydrogen) atoms. The van der Waals surface area contributed by atoms with Gasteiger partial charge in [0.05, 0.1) is 11.0 Å². The zero-order valence-electron chi connectivity index (χ0n) is 11.8. The number of anilines is 1. The van der Waals surface area contributed by atoms with Crippen molar-refractivity contribution in [2.24, 2.45) is 0 Å². The molecule has 0 N–H and O–H groups in total. The Bertz CT molecular complexity index is 744. The molecule has 0 aliphatic heterocycles. The van der Waals surface area contributed by atoms with Crippen LogP contribution in [0.3, 0.4) is 0 Å². The summed E-state index contributed by atoms with van der Waals surface area (Å²) in [5.41, 5.74) is 1.26. The summed E-state index contributed by atoms with van der Waals surface area (Å²) in [7, 11) is 1.99. The Kier molecular flexibility index (Phi) is 3.44. The fourth-order valence-corrected chi connectivity index (χ4v) is 2.74. The van der Waals surface area contributed by atoms with Crippen LogP contribution in [0.5, 0.6) is 0 Å². The number of fused-ring (bicyclic) bond motifs is 1. The highest BCUT2D eigenvalue weighted by molar-refractivity contribution is 5.94. The van der Waals surface area contributed by atoms with Crippen molar-refractivity contribution in [2.75, 3.05) is 11.9 Å². The number of likely N-dealkylation sites (N-methyl/N-ethyl adjacent to an activating group) is 1. The maximum Gasteiger partial charge on any atom is 0.267 e. The fraction of sp³-hybridized carbons (Fsp3) is 0.176. The first-order valence-electron chi connectivity index (χ1n) is 6.90. The van der Waals surface area contributed by atoms with E-state index < -0.39 is 0 Å².